The largest absolute Gasteiger partial charge is 0.496 e. The first kappa shape index (κ1) is 15.3. The summed E-state index contributed by atoms with van der Waals surface area (Å²) in [7, 11) is 3.42. The Morgan fingerprint density at radius 1 is 1.20 bits per heavy atom. The van der Waals surface area contributed by atoms with Crippen LogP contribution in [-0.4, -0.2) is 20.3 Å². The predicted molar refractivity (Wildman–Crippen MR) is 82.1 cm³/mol. The highest BCUT2D eigenvalue weighted by molar-refractivity contribution is 5.38. The molecule has 1 aromatic carbocycles. The summed E-state index contributed by atoms with van der Waals surface area (Å²) >= 11 is 0. The van der Waals surface area contributed by atoms with Crippen LogP contribution in [0, 0.1) is 0 Å². The summed E-state index contributed by atoms with van der Waals surface area (Å²) in [6.45, 7) is 2.83. The van der Waals surface area contributed by atoms with Gasteiger partial charge in [-0.25, -0.2) is 0 Å². The summed E-state index contributed by atoms with van der Waals surface area (Å²) in [5, 5.41) is 3.76. The van der Waals surface area contributed by atoms with Gasteiger partial charge in [-0.05, 0) is 37.5 Å². The molecular weight excluding hydrogens is 250 g/mol. The van der Waals surface area contributed by atoms with Crippen molar-refractivity contribution < 1.29 is 9.47 Å². The van der Waals surface area contributed by atoms with Gasteiger partial charge in [0.05, 0.1) is 13.7 Å². The van der Waals surface area contributed by atoms with Gasteiger partial charge < -0.3 is 14.8 Å². The Bertz CT molecular complexity index is 413. The standard InChI is InChI=1S/C17H27NO2/c1-13(18-16-7-5-4-6-8-16)14-9-10-17(20-3)15(11-14)12-19-2/h9-11,13,16,18H,4-8,12H2,1-3H3. The molecule has 0 radical (unpaired) electrons. The van der Waals surface area contributed by atoms with Crippen molar-refractivity contribution in [2.24, 2.45) is 0 Å². The molecule has 112 valence electrons. The zero-order chi connectivity index (χ0) is 14.4. The summed E-state index contributed by atoms with van der Waals surface area (Å²) in [5.41, 5.74) is 2.42. The van der Waals surface area contributed by atoms with Crippen LogP contribution in [0.5, 0.6) is 5.75 Å². The maximum atomic E-state index is 5.38. The predicted octanol–water partition coefficient (Wildman–Crippen LogP) is 3.82. The van der Waals surface area contributed by atoms with Gasteiger partial charge in [0, 0.05) is 24.8 Å². The zero-order valence-corrected chi connectivity index (χ0v) is 12.9. The van der Waals surface area contributed by atoms with E-state index < -0.39 is 0 Å². The lowest BCUT2D eigenvalue weighted by atomic mass is 9.94. The van der Waals surface area contributed by atoms with Gasteiger partial charge in [0.15, 0.2) is 0 Å². The molecule has 1 atom stereocenters. The molecule has 1 aromatic rings. The van der Waals surface area contributed by atoms with E-state index in [1.165, 1.54) is 37.7 Å². The average molecular weight is 277 g/mol. The topological polar surface area (TPSA) is 30.5 Å². The number of hydrogen-bond donors (Lipinski definition) is 1. The van der Waals surface area contributed by atoms with Gasteiger partial charge in [0.25, 0.3) is 0 Å². The smallest absolute Gasteiger partial charge is 0.124 e. The minimum absolute atomic E-state index is 0.375. The SMILES string of the molecule is COCc1cc(C(C)NC2CCCCC2)ccc1OC. The second-order valence-corrected chi connectivity index (χ2v) is 5.73. The third kappa shape index (κ3) is 3.97. The molecule has 3 nitrogen and oxygen atoms in total. The van der Waals surface area contributed by atoms with Crippen molar-refractivity contribution in [3.05, 3.63) is 29.3 Å². The number of rotatable bonds is 6. The van der Waals surface area contributed by atoms with Gasteiger partial charge in [0.1, 0.15) is 5.75 Å². The molecule has 1 fully saturated rings. The third-order valence-corrected chi connectivity index (χ3v) is 4.20. The average Bonchev–Trinajstić information content (AvgIpc) is 2.48. The summed E-state index contributed by atoms with van der Waals surface area (Å²) in [5.74, 6) is 0.903. The van der Waals surface area contributed by atoms with Gasteiger partial charge in [0.2, 0.25) is 0 Å². The van der Waals surface area contributed by atoms with Gasteiger partial charge in [-0.3, -0.25) is 0 Å². The first-order valence-electron chi connectivity index (χ1n) is 7.66. The van der Waals surface area contributed by atoms with Crippen LogP contribution in [0.15, 0.2) is 18.2 Å². The molecule has 0 heterocycles. The Balaban J connectivity index is 2.04. The number of ether oxygens (including phenoxy) is 2. The van der Waals surface area contributed by atoms with Crippen LogP contribution >= 0.6 is 0 Å². The van der Waals surface area contributed by atoms with Crippen molar-refractivity contribution in [2.45, 2.75) is 57.7 Å². The molecule has 3 heteroatoms. The van der Waals surface area contributed by atoms with E-state index in [0.29, 0.717) is 18.7 Å². The monoisotopic (exact) mass is 277 g/mol. The Hall–Kier alpha value is -1.06. The van der Waals surface area contributed by atoms with E-state index in [-0.39, 0.29) is 0 Å². The van der Waals surface area contributed by atoms with Gasteiger partial charge in [-0.2, -0.15) is 0 Å². The van der Waals surface area contributed by atoms with Crippen LogP contribution < -0.4 is 10.1 Å². The highest BCUT2D eigenvalue weighted by Gasteiger charge is 2.17. The van der Waals surface area contributed by atoms with E-state index >= 15 is 0 Å². The van der Waals surface area contributed by atoms with Crippen molar-refractivity contribution in [1.82, 2.24) is 5.32 Å². The van der Waals surface area contributed by atoms with E-state index in [2.05, 4.69) is 24.4 Å². The molecule has 1 aliphatic carbocycles. The Labute approximate surface area is 122 Å². The molecule has 1 aliphatic rings. The molecule has 1 N–H and O–H groups in total. The Kier molecular flexibility index (Phi) is 5.86. The molecule has 1 unspecified atom stereocenters. The van der Waals surface area contributed by atoms with Crippen molar-refractivity contribution in [3.63, 3.8) is 0 Å². The van der Waals surface area contributed by atoms with Crippen LogP contribution in [0.4, 0.5) is 0 Å². The molecule has 0 spiro atoms. The van der Waals surface area contributed by atoms with Crippen molar-refractivity contribution in [3.8, 4) is 5.75 Å². The van der Waals surface area contributed by atoms with Gasteiger partial charge >= 0.3 is 0 Å². The fourth-order valence-corrected chi connectivity index (χ4v) is 3.06. The highest BCUT2D eigenvalue weighted by atomic mass is 16.5. The lowest BCUT2D eigenvalue weighted by Crippen LogP contribution is -2.33. The molecule has 2 rings (SSSR count). The van der Waals surface area contributed by atoms with E-state index in [1.807, 2.05) is 6.07 Å². The maximum absolute atomic E-state index is 5.38. The molecule has 0 aromatic heterocycles. The second kappa shape index (κ2) is 7.65. The molecule has 0 bridgehead atoms. The highest BCUT2D eigenvalue weighted by Crippen LogP contribution is 2.26. The minimum Gasteiger partial charge on any atom is -0.496 e. The molecule has 0 amide bonds. The summed E-state index contributed by atoms with van der Waals surface area (Å²) < 4.78 is 10.6. The number of hydrogen-bond acceptors (Lipinski definition) is 3. The van der Waals surface area contributed by atoms with Crippen LogP contribution in [0.2, 0.25) is 0 Å². The number of methoxy groups -OCH3 is 2. The van der Waals surface area contributed by atoms with E-state index in [9.17, 15) is 0 Å². The molecule has 20 heavy (non-hydrogen) atoms. The van der Waals surface area contributed by atoms with Crippen LogP contribution in [0.25, 0.3) is 0 Å². The lowest BCUT2D eigenvalue weighted by molar-refractivity contribution is 0.181. The molecule has 1 saturated carbocycles. The van der Waals surface area contributed by atoms with Crippen LogP contribution in [0.1, 0.15) is 56.2 Å². The number of nitrogens with one attached hydrogen (secondary N) is 1. The van der Waals surface area contributed by atoms with Gasteiger partial charge in [-0.1, -0.05) is 25.3 Å². The Morgan fingerprint density at radius 3 is 2.60 bits per heavy atom. The third-order valence-electron chi connectivity index (χ3n) is 4.20. The Morgan fingerprint density at radius 2 is 1.95 bits per heavy atom. The molecular formula is C17H27NO2. The minimum atomic E-state index is 0.375. The van der Waals surface area contributed by atoms with Crippen LogP contribution in [0.3, 0.4) is 0 Å². The van der Waals surface area contributed by atoms with E-state index in [0.717, 1.165) is 11.3 Å². The second-order valence-electron chi connectivity index (χ2n) is 5.73. The maximum Gasteiger partial charge on any atom is 0.124 e. The van der Waals surface area contributed by atoms with E-state index in [4.69, 9.17) is 9.47 Å². The summed E-state index contributed by atoms with van der Waals surface area (Å²) in [6.07, 6.45) is 6.74. The quantitative estimate of drug-likeness (QED) is 0.857. The van der Waals surface area contributed by atoms with Crippen LogP contribution in [-0.2, 0) is 11.3 Å². The van der Waals surface area contributed by atoms with Crippen molar-refractivity contribution in [1.29, 1.82) is 0 Å². The first-order chi connectivity index (χ1) is 9.74. The fourth-order valence-electron chi connectivity index (χ4n) is 3.06. The first-order valence-corrected chi connectivity index (χ1v) is 7.66. The fraction of sp³-hybridized carbons (Fsp3) is 0.647. The van der Waals surface area contributed by atoms with Crippen molar-refractivity contribution in [2.75, 3.05) is 14.2 Å². The summed E-state index contributed by atoms with van der Waals surface area (Å²) in [4.78, 5) is 0. The number of benzene rings is 1. The lowest BCUT2D eigenvalue weighted by Gasteiger charge is -2.27. The zero-order valence-electron chi connectivity index (χ0n) is 12.9. The molecule has 0 saturated heterocycles. The van der Waals surface area contributed by atoms with Crippen molar-refractivity contribution >= 4 is 0 Å². The van der Waals surface area contributed by atoms with E-state index in [1.54, 1.807) is 14.2 Å². The summed E-state index contributed by atoms with van der Waals surface area (Å²) in [6, 6.07) is 7.44. The normalized spacial score (nSPS) is 17.9. The van der Waals surface area contributed by atoms with Gasteiger partial charge in [-0.15, -0.1) is 0 Å². The molecule has 0 aliphatic heterocycles.